The maximum absolute atomic E-state index is 5.76. The Morgan fingerprint density at radius 3 is 1.95 bits per heavy atom. The second-order valence-corrected chi connectivity index (χ2v) is 5.01. The molecule has 0 aromatic heterocycles. The van der Waals surface area contributed by atoms with Crippen LogP contribution in [0, 0.1) is 0 Å². The van der Waals surface area contributed by atoms with Crippen LogP contribution in [0.2, 0.25) is 0 Å². The van der Waals surface area contributed by atoms with E-state index < -0.39 is 0 Å². The van der Waals surface area contributed by atoms with E-state index in [1.807, 2.05) is 12.1 Å². The minimum Gasteiger partial charge on any atom is -0.399 e. The summed E-state index contributed by atoms with van der Waals surface area (Å²) in [5, 5.41) is 0. The summed E-state index contributed by atoms with van der Waals surface area (Å²) in [4.78, 5) is 0. The summed E-state index contributed by atoms with van der Waals surface area (Å²) in [5.41, 5.74) is 9.30. The first-order chi connectivity index (χ1) is 9.20. The molecule has 0 saturated heterocycles. The van der Waals surface area contributed by atoms with Crippen LogP contribution in [0.1, 0.15) is 19.4 Å². The molecule has 2 N–H and O–H groups in total. The Labute approximate surface area is 116 Å². The lowest BCUT2D eigenvalue weighted by molar-refractivity contribution is 0.292. The molecule has 0 amide bonds. The molecule has 0 heterocycles. The molecular weight excluding hydrogens is 232 g/mol. The second-order valence-electron chi connectivity index (χ2n) is 5.01. The Bertz CT molecular complexity index is 499. The van der Waals surface area contributed by atoms with Crippen LogP contribution in [-0.4, -0.2) is 13.1 Å². The van der Waals surface area contributed by atoms with Crippen molar-refractivity contribution in [3.63, 3.8) is 0 Å². The number of hydrogen-bond acceptors (Lipinski definition) is 1. The molecule has 100 valence electrons. The number of rotatable bonds is 5. The van der Waals surface area contributed by atoms with Gasteiger partial charge in [0.2, 0.25) is 0 Å². The molecule has 0 radical (unpaired) electrons. The number of anilines is 1. The molecule has 2 nitrogen and oxygen atoms in total. The summed E-state index contributed by atoms with van der Waals surface area (Å²) >= 11 is 0. The fourth-order valence-electron chi connectivity index (χ4n) is 2.62. The number of benzene rings is 2. The first-order valence-electron chi connectivity index (χ1n) is 6.96. The molecule has 0 atom stereocenters. The Morgan fingerprint density at radius 1 is 0.842 bits per heavy atom. The Kier molecular flexibility index (Phi) is 4.23. The van der Waals surface area contributed by atoms with Crippen LogP contribution in [0.3, 0.4) is 0 Å². The van der Waals surface area contributed by atoms with Gasteiger partial charge in [0.1, 0.15) is 12.2 Å². The number of para-hydroxylation sites is 1. The van der Waals surface area contributed by atoms with Crippen molar-refractivity contribution < 1.29 is 0 Å². The first kappa shape index (κ1) is 13.6. The largest absolute Gasteiger partial charge is 0.399 e. The molecule has 0 aliphatic carbocycles. The molecule has 2 rings (SSSR count). The molecule has 0 spiro atoms. The molecule has 0 fully saturated rings. The van der Waals surface area contributed by atoms with Crippen molar-refractivity contribution in [2.45, 2.75) is 20.4 Å². The van der Waals surface area contributed by atoms with Crippen LogP contribution >= 0.6 is 0 Å². The lowest BCUT2D eigenvalue weighted by Crippen LogP contribution is -2.48. The van der Waals surface area contributed by atoms with Crippen molar-refractivity contribution in [1.82, 2.24) is 4.48 Å². The van der Waals surface area contributed by atoms with Crippen molar-refractivity contribution in [2.24, 2.45) is 0 Å². The number of nitrogens with zero attached hydrogens (tertiary/aromatic N) is 1. The van der Waals surface area contributed by atoms with E-state index in [9.17, 15) is 0 Å². The van der Waals surface area contributed by atoms with Gasteiger partial charge < -0.3 is 5.73 Å². The van der Waals surface area contributed by atoms with Gasteiger partial charge in [0.05, 0.1) is 13.1 Å². The van der Waals surface area contributed by atoms with E-state index in [4.69, 9.17) is 5.73 Å². The lowest BCUT2D eigenvalue weighted by atomic mass is 10.1. The summed E-state index contributed by atoms with van der Waals surface area (Å²) in [5.74, 6) is 0. The molecule has 2 heteroatoms. The zero-order valence-corrected chi connectivity index (χ0v) is 11.8. The van der Waals surface area contributed by atoms with Gasteiger partial charge in [-0.25, -0.2) is 0 Å². The summed E-state index contributed by atoms with van der Waals surface area (Å²) in [7, 11) is 0. The topological polar surface area (TPSA) is 26.0 Å². The normalized spacial score (nSPS) is 11.5. The predicted octanol–water partition coefficient (Wildman–Crippen LogP) is 3.82. The van der Waals surface area contributed by atoms with Gasteiger partial charge in [-0.1, -0.05) is 30.3 Å². The van der Waals surface area contributed by atoms with Gasteiger partial charge in [-0.15, -0.1) is 0 Å². The van der Waals surface area contributed by atoms with Crippen LogP contribution in [0.25, 0.3) is 0 Å². The molecule has 0 saturated carbocycles. The standard InChI is InChI=1S/C17H23N2/c1-3-19(4-2,17-8-6-5-7-9-17)14-15-10-12-16(18)13-11-15/h5-13H,3-4,14,18H2,1-2H3/q+1. The third-order valence-electron chi connectivity index (χ3n) is 3.98. The molecule has 0 unspecified atom stereocenters. The van der Waals surface area contributed by atoms with Crippen LogP contribution in [0.15, 0.2) is 54.6 Å². The van der Waals surface area contributed by atoms with Gasteiger partial charge >= 0.3 is 0 Å². The first-order valence-corrected chi connectivity index (χ1v) is 6.96. The number of hydrogen-bond donors (Lipinski definition) is 1. The number of nitrogens with two attached hydrogens (primary N) is 1. The molecule has 2 aromatic carbocycles. The van der Waals surface area contributed by atoms with E-state index in [1.165, 1.54) is 11.3 Å². The van der Waals surface area contributed by atoms with Crippen molar-refractivity contribution in [3.8, 4) is 0 Å². The fraction of sp³-hybridized carbons (Fsp3) is 0.294. The monoisotopic (exact) mass is 255 g/mol. The smallest absolute Gasteiger partial charge is 0.133 e. The average molecular weight is 255 g/mol. The van der Waals surface area contributed by atoms with E-state index in [2.05, 4.69) is 56.3 Å². The highest BCUT2D eigenvalue weighted by Crippen LogP contribution is 2.26. The van der Waals surface area contributed by atoms with E-state index in [1.54, 1.807) is 0 Å². The van der Waals surface area contributed by atoms with E-state index in [-0.39, 0.29) is 0 Å². The van der Waals surface area contributed by atoms with Crippen molar-refractivity contribution in [3.05, 3.63) is 60.2 Å². The number of nitrogen functional groups attached to an aromatic ring is 1. The minimum atomic E-state index is 0.828. The van der Waals surface area contributed by atoms with Crippen LogP contribution in [0.4, 0.5) is 11.4 Å². The summed E-state index contributed by atoms with van der Waals surface area (Å²) in [6.45, 7) is 7.70. The molecule has 0 aliphatic heterocycles. The third-order valence-corrected chi connectivity index (χ3v) is 3.98. The summed E-state index contributed by atoms with van der Waals surface area (Å²) < 4.78 is 0.977. The molecule has 0 bridgehead atoms. The van der Waals surface area contributed by atoms with Gasteiger partial charge in [0, 0.05) is 11.3 Å². The van der Waals surface area contributed by atoms with E-state index in [0.717, 1.165) is 29.8 Å². The van der Waals surface area contributed by atoms with Gasteiger partial charge in [0.15, 0.2) is 0 Å². The summed E-state index contributed by atoms with van der Waals surface area (Å²) in [6.07, 6.45) is 0. The molecule has 19 heavy (non-hydrogen) atoms. The molecule has 2 aromatic rings. The highest BCUT2D eigenvalue weighted by molar-refractivity contribution is 5.44. The van der Waals surface area contributed by atoms with Crippen molar-refractivity contribution in [2.75, 3.05) is 18.8 Å². The highest BCUT2D eigenvalue weighted by atomic mass is 15.3. The van der Waals surface area contributed by atoms with Crippen LogP contribution in [-0.2, 0) is 6.54 Å². The Balaban J connectivity index is 2.32. The quantitative estimate of drug-likeness (QED) is 0.638. The van der Waals surface area contributed by atoms with Crippen LogP contribution < -0.4 is 10.2 Å². The Hall–Kier alpha value is -1.80. The van der Waals surface area contributed by atoms with Gasteiger partial charge in [-0.05, 0) is 38.1 Å². The minimum absolute atomic E-state index is 0.828. The Morgan fingerprint density at radius 2 is 1.42 bits per heavy atom. The zero-order valence-electron chi connectivity index (χ0n) is 11.8. The van der Waals surface area contributed by atoms with Crippen molar-refractivity contribution >= 4 is 11.4 Å². The average Bonchev–Trinajstić information content (AvgIpc) is 2.48. The second kappa shape index (κ2) is 5.89. The molecule has 0 aliphatic rings. The fourth-order valence-corrected chi connectivity index (χ4v) is 2.62. The summed E-state index contributed by atoms with van der Waals surface area (Å²) in [6, 6.07) is 19.0. The van der Waals surface area contributed by atoms with Gasteiger partial charge in [0.25, 0.3) is 0 Å². The van der Waals surface area contributed by atoms with E-state index in [0.29, 0.717) is 0 Å². The third kappa shape index (κ3) is 2.96. The zero-order chi connectivity index (χ0) is 13.7. The number of quaternary nitrogens is 1. The highest BCUT2D eigenvalue weighted by Gasteiger charge is 2.26. The SMILES string of the molecule is CC[N+](CC)(Cc1ccc(N)cc1)c1ccccc1. The predicted molar refractivity (Wildman–Crippen MR) is 83.9 cm³/mol. The van der Waals surface area contributed by atoms with E-state index >= 15 is 0 Å². The molecular formula is C17H23N2+. The maximum Gasteiger partial charge on any atom is 0.133 e. The maximum atomic E-state index is 5.76. The van der Waals surface area contributed by atoms with Gasteiger partial charge in [-0.3, -0.25) is 4.48 Å². The van der Waals surface area contributed by atoms with Crippen LogP contribution in [0.5, 0.6) is 0 Å². The van der Waals surface area contributed by atoms with Gasteiger partial charge in [-0.2, -0.15) is 0 Å². The van der Waals surface area contributed by atoms with Crippen molar-refractivity contribution in [1.29, 1.82) is 0 Å². The lowest BCUT2D eigenvalue weighted by Gasteiger charge is -2.36.